The molecule has 2 saturated heterocycles. The van der Waals surface area contributed by atoms with Crippen LogP contribution in [-0.4, -0.2) is 72.3 Å². The number of ether oxygens (including phenoxy) is 3. The second kappa shape index (κ2) is 10.1. The lowest BCUT2D eigenvalue weighted by Crippen LogP contribution is -2.57. The Morgan fingerprint density at radius 3 is 2.03 bits per heavy atom. The van der Waals surface area contributed by atoms with E-state index >= 15 is 0 Å². The number of hydrogen-bond donors (Lipinski definition) is 0. The predicted octanol–water partition coefficient (Wildman–Crippen LogP) is 3.13. The first-order valence-corrected chi connectivity index (χ1v) is 13.9. The van der Waals surface area contributed by atoms with E-state index in [1.807, 2.05) is 0 Å². The Morgan fingerprint density at radius 2 is 1.51 bits per heavy atom. The Bertz CT molecular complexity index is 1190. The van der Waals surface area contributed by atoms with Crippen LogP contribution in [-0.2, 0) is 38.4 Å². The van der Waals surface area contributed by atoms with Crippen molar-refractivity contribution < 1.29 is 41.8 Å². The van der Waals surface area contributed by atoms with Crippen LogP contribution >= 0.6 is 0 Å². The fourth-order valence-electron chi connectivity index (χ4n) is 5.43. The summed E-state index contributed by atoms with van der Waals surface area (Å²) in [4.78, 5) is 54.2. The van der Waals surface area contributed by atoms with Crippen molar-refractivity contribution in [1.29, 1.82) is 0 Å². The van der Waals surface area contributed by atoms with Crippen molar-refractivity contribution in [1.82, 2.24) is 4.90 Å². The SMILES string of the molecule is CCOC(=O)C[C@@]12CC[C@@](CC(=O)OCC)([C@@H](S(=O)(=O)c3ccc(C)cc3)C1=O)N2C(=O)OC(C)(C)C. The molecule has 0 aliphatic carbocycles. The zero-order valence-corrected chi connectivity index (χ0v) is 23.0. The number of carbonyl (C=O) groups excluding carboxylic acids is 4. The van der Waals surface area contributed by atoms with Crippen LogP contribution in [0.15, 0.2) is 29.2 Å². The van der Waals surface area contributed by atoms with Crippen LogP contribution in [0.2, 0.25) is 0 Å². The molecule has 1 amide bonds. The van der Waals surface area contributed by atoms with Crippen LogP contribution in [0.5, 0.6) is 0 Å². The number of sulfone groups is 1. The zero-order valence-electron chi connectivity index (χ0n) is 22.2. The molecular formula is C26H35NO9S. The van der Waals surface area contributed by atoms with Gasteiger partial charge in [-0.2, -0.15) is 0 Å². The average Bonchev–Trinajstić information content (AvgIpc) is 3.17. The van der Waals surface area contributed by atoms with Crippen molar-refractivity contribution in [3.63, 3.8) is 0 Å². The van der Waals surface area contributed by atoms with Gasteiger partial charge in [0.2, 0.25) is 0 Å². The van der Waals surface area contributed by atoms with Gasteiger partial charge in [-0.3, -0.25) is 19.3 Å². The molecule has 0 radical (unpaired) electrons. The van der Waals surface area contributed by atoms with Crippen molar-refractivity contribution in [2.45, 2.75) is 94.1 Å². The molecule has 0 N–H and O–H groups in total. The Morgan fingerprint density at radius 1 is 0.973 bits per heavy atom. The van der Waals surface area contributed by atoms with Gasteiger partial charge >= 0.3 is 18.0 Å². The molecule has 0 aromatic heterocycles. The van der Waals surface area contributed by atoms with E-state index in [4.69, 9.17) is 14.2 Å². The average molecular weight is 538 g/mol. The van der Waals surface area contributed by atoms with Gasteiger partial charge in [0.1, 0.15) is 11.1 Å². The fourth-order valence-corrected chi connectivity index (χ4v) is 7.60. The summed E-state index contributed by atoms with van der Waals surface area (Å²) in [6, 6.07) is 5.97. The zero-order chi connectivity index (χ0) is 27.8. The summed E-state index contributed by atoms with van der Waals surface area (Å²) >= 11 is 0. The number of rotatable bonds is 8. The van der Waals surface area contributed by atoms with Gasteiger partial charge < -0.3 is 14.2 Å². The highest BCUT2D eigenvalue weighted by Crippen LogP contribution is 2.58. The minimum Gasteiger partial charge on any atom is -0.466 e. The molecule has 1 aromatic rings. The van der Waals surface area contributed by atoms with E-state index < -0.39 is 68.4 Å². The Balaban J connectivity index is 2.26. The summed E-state index contributed by atoms with van der Waals surface area (Å²) in [5.74, 6) is -2.35. The maximum absolute atomic E-state index is 14.2. The first kappa shape index (κ1) is 28.6. The summed E-state index contributed by atoms with van der Waals surface area (Å²) in [7, 11) is -4.41. The molecule has 11 heteroatoms. The molecule has 2 fully saturated rings. The highest BCUT2D eigenvalue weighted by atomic mass is 32.2. The standard InChI is InChI=1S/C26H35NO9S/c1-7-34-19(28)15-25-13-14-26(16-20(29)35-8-2,27(25)23(31)36-24(4,5)6)22(21(25)30)37(32,33)18-11-9-17(3)10-12-18/h9-12,22H,7-8,13-16H2,1-6H3/t22-,25-,26+/m0/s1. The molecule has 0 saturated carbocycles. The largest absolute Gasteiger partial charge is 0.466 e. The first-order chi connectivity index (χ1) is 17.1. The van der Waals surface area contributed by atoms with Gasteiger partial charge in [-0.1, -0.05) is 17.7 Å². The number of hydrogen-bond acceptors (Lipinski definition) is 9. The lowest BCUT2D eigenvalue weighted by Gasteiger charge is -2.39. The molecule has 2 heterocycles. The topological polar surface area (TPSA) is 133 Å². The Labute approximate surface area is 217 Å². The summed E-state index contributed by atoms with van der Waals surface area (Å²) in [5, 5.41) is -1.80. The first-order valence-electron chi connectivity index (χ1n) is 12.3. The second-order valence-corrected chi connectivity index (χ2v) is 12.5. The molecule has 0 unspecified atom stereocenters. The third kappa shape index (κ3) is 5.10. The van der Waals surface area contributed by atoms with Gasteiger partial charge in [-0.15, -0.1) is 0 Å². The van der Waals surface area contributed by atoms with E-state index in [9.17, 15) is 27.6 Å². The van der Waals surface area contributed by atoms with Crippen molar-refractivity contribution in [3.8, 4) is 0 Å². The summed E-state index contributed by atoms with van der Waals surface area (Å²) in [6.07, 6.45) is -2.13. The number of fused-ring (bicyclic) bond motifs is 2. The molecule has 2 bridgehead atoms. The maximum atomic E-state index is 14.2. The maximum Gasteiger partial charge on any atom is 0.411 e. The molecule has 10 nitrogen and oxygen atoms in total. The van der Waals surface area contributed by atoms with Crippen molar-refractivity contribution in [2.24, 2.45) is 0 Å². The normalized spacial score (nSPS) is 25.2. The van der Waals surface area contributed by atoms with Gasteiger partial charge in [0.25, 0.3) is 0 Å². The van der Waals surface area contributed by atoms with Crippen molar-refractivity contribution in [2.75, 3.05) is 13.2 Å². The lowest BCUT2D eigenvalue weighted by molar-refractivity contribution is -0.148. The van der Waals surface area contributed by atoms with Crippen molar-refractivity contribution in [3.05, 3.63) is 29.8 Å². The molecule has 37 heavy (non-hydrogen) atoms. The number of carbonyl (C=O) groups is 4. The van der Waals surface area contributed by atoms with E-state index in [0.29, 0.717) is 0 Å². The quantitative estimate of drug-likeness (QED) is 0.362. The summed E-state index contributed by atoms with van der Waals surface area (Å²) in [6.45, 7) is 9.93. The van der Waals surface area contributed by atoms with Crippen LogP contribution in [0.4, 0.5) is 4.79 Å². The third-order valence-corrected chi connectivity index (χ3v) is 8.97. The summed E-state index contributed by atoms with van der Waals surface area (Å²) in [5.41, 5.74) is -3.83. The smallest absolute Gasteiger partial charge is 0.411 e. The number of esters is 2. The minimum atomic E-state index is -4.41. The van der Waals surface area contributed by atoms with Crippen LogP contribution in [0.25, 0.3) is 0 Å². The minimum absolute atomic E-state index is 0.0219. The van der Waals surface area contributed by atoms with Crippen molar-refractivity contribution >= 4 is 33.7 Å². The Kier molecular flexibility index (Phi) is 7.79. The van der Waals surface area contributed by atoms with Gasteiger partial charge in [-0.05, 0) is 66.5 Å². The fraction of sp³-hybridized carbons (Fsp3) is 0.615. The predicted molar refractivity (Wildman–Crippen MR) is 132 cm³/mol. The molecule has 3 rings (SSSR count). The molecule has 2 aliphatic rings. The van der Waals surface area contributed by atoms with E-state index in [0.717, 1.165) is 10.5 Å². The van der Waals surface area contributed by atoms with Gasteiger partial charge in [0.05, 0.1) is 36.5 Å². The molecule has 3 atom stereocenters. The van der Waals surface area contributed by atoms with Crippen LogP contribution < -0.4 is 0 Å². The van der Waals surface area contributed by atoms with E-state index in [-0.39, 0.29) is 31.0 Å². The molecule has 204 valence electrons. The molecular weight excluding hydrogens is 502 g/mol. The van der Waals surface area contributed by atoms with Gasteiger partial charge in [-0.25, -0.2) is 13.2 Å². The molecule has 0 spiro atoms. The third-order valence-electron chi connectivity index (χ3n) is 6.76. The van der Waals surface area contributed by atoms with Gasteiger partial charge in [0.15, 0.2) is 20.9 Å². The molecule has 1 aromatic carbocycles. The number of nitrogens with zero attached hydrogens (tertiary/aromatic N) is 1. The van der Waals surface area contributed by atoms with E-state index in [1.165, 1.54) is 12.1 Å². The lowest BCUT2D eigenvalue weighted by atomic mass is 9.77. The van der Waals surface area contributed by atoms with E-state index in [1.54, 1.807) is 53.7 Å². The number of ketones is 1. The molecule has 2 aliphatic heterocycles. The van der Waals surface area contributed by atoms with E-state index in [2.05, 4.69) is 0 Å². The number of aryl methyl sites for hydroxylation is 1. The number of Topliss-reactive ketones (excluding diaryl/α,β-unsaturated/α-hetero) is 1. The monoisotopic (exact) mass is 537 g/mol. The highest BCUT2D eigenvalue weighted by molar-refractivity contribution is 7.93. The van der Waals surface area contributed by atoms with Crippen LogP contribution in [0.3, 0.4) is 0 Å². The highest BCUT2D eigenvalue weighted by Gasteiger charge is 2.77. The van der Waals surface area contributed by atoms with Crippen LogP contribution in [0, 0.1) is 6.92 Å². The van der Waals surface area contributed by atoms with Gasteiger partial charge in [0, 0.05) is 0 Å². The summed E-state index contributed by atoms with van der Waals surface area (Å²) < 4.78 is 43.9. The number of amides is 1. The Hall–Kier alpha value is -2.95. The number of benzene rings is 1. The second-order valence-electron chi connectivity index (χ2n) is 10.5. The van der Waals surface area contributed by atoms with Crippen LogP contribution in [0.1, 0.15) is 65.9 Å².